The van der Waals surface area contributed by atoms with E-state index in [0.29, 0.717) is 12.4 Å². The van der Waals surface area contributed by atoms with Crippen molar-refractivity contribution in [2.45, 2.75) is 13.3 Å². The van der Waals surface area contributed by atoms with E-state index in [1.807, 2.05) is 43.3 Å². The summed E-state index contributed by atoms with van der Waals surface area (Å²) in [7, 11) is 0. The number of hydrogen-bond acceptors (Lipinski definition) is 3. The van der Waals surface area contributed by atoms with Gasteiger partial charge in [0.2, 0.25) is 0 Å². The second kappa shape index (κ2) is 6.81. The third kappa shape index (κ3) is 4.00. The molecule has 0 aromatic heterocycles. The van der Waals surface area contributed by atoms with E-state index in [2.05, 4.69) is 12.1 Å². The molecular formula is C16H18O3. The average Bonchev–Trinajstić information content (AvgIpc) is 2.44. The fourth-order valence-corrected chi connectivity index (χ4v) is 1.88. The molecule has 0 aliphatic heterocycles. The van der Waals surface area contributed by atoms with Crippen molar-refractivity contribution in [3.8, 4) is 11.5 Å². The minimum absolute atomic E-state index is 0.293. The molecule has 100 valence electrons. The first-order chi connectivity index (χ1) is 9.31. The molecule has 2 aromatic rings. The molecule has 3 heteroatoms. The zero-order valence-electron chi connectivity index (χ0n) is 11.0. The van der Waals surface area contributed by atoms with Gasteiger partial charge in [-0.25, -0.2) is 0 Å². The summed E-state index contributed by atoms with van der Waals surface area (Å²) >= 11 is 0. The lowest BCUT2D eigenvalue weighted by Crippen LogP contribution is -1.95. The highest BCUT2D eigenvalue weighted by molar-refractivity contribution is 5.33. The van der Waals surface area contributed by atoms with E-state index in [9.17, 15) is 0 Å². The topological polar surface area (TPSA) is 38.7 Å². The SMILES string of the molecule is CCOc1ccc(Cc2ccc(OCO)cc2)cc1. The molecule has 2 aromatic carbocycles. The van der Waals surface area contributed by atoms with E-state index in [-0.39, 0.29) is 6.79 Å². The van der Waals surface area contributed by atoms with Gasteiger partial charge in [0.15, 0.2) is 6.79 Å². The second-order valence-corrected chi connectivity index (χ2v) is 4.17. The Bertz CT molecular complexity index is 441. The molecule has 0 atom stereocenters. The molecule has 0 radical (unpaired) electrons. The van der Waals surface area contributed by atoms with E-state index >= 15 is 0 Å². The molecular weight excluding hydrogens is 240 g/mol. The van der Waals surface area contributed by atoms with E-state index in [0.717, 1.165) is 12.2 Å². The summed E-state index contributed by atoms with van der Waals surface area (Å²) in [4.78, 5) is 0. The number of benzene rings is 2. The third-order valence-corrected chi connectivity index (χ3v) is 2.80. The Morgan fingerprint density at radius 1 is 0.789 bits per heavy atom. The number of rotatable bonds is 6. The second-order valence-electron chi connectivity index (χ2n) is 4.17. The van der Waals surface area contributed by atoms with Gasteiger partial charge in [-0.2, -0.15) is 0 Å². The van der Waals surface area contributed by atoms with Crippen LogP contribution in [0.2, 0.25) is 0 Å². The molecule has 0 saturated carbocycles. The maximum Gasteiger partial charge on any atom is 0.186 e. The molecule has 1 N–H and O–H groups in total. The molecule has 0 fully saturated rings. The monoisotopic (exact) mass is 258 g/mol. The van der Waals surface area contributed by atoms with E-state index < -0.39 is 0 Å². The molecule has 0 spiro atoms. The van der Waals surface area contributed by atoms with Crippen LogP contribution in [0.1, 0.15) is 18.1 Å². The van der Waals surface area contributed by atoms with Gasteiger partial charge in [0.1, 0.15) is 11.5 Å². The van der Waals surface area contributed by atoms with Crippen LogP contribution in [0.5, 0.6) is 11.5 Å². The van der Waals surface area contributed by atoms with Crippen LogP contribution in [-0.4, -0.2) is 18.5 Å². The highest BCUT2D eigenvalue weighted by Gasteiger charge is 1.99. The quantitative estimate of drug-likeness (QED) is 0.809. The van der Waals surface area contributed by atoms with Crippen LogP contribution in [0.15, 0.2) is 48.5 Å². The summed E-state index contributed by atoms with van der Waals surface area (Å²) in [5.41, 5.74) is 2.44. The average molecular weight is 258 g/mol. The first-order valence-corrected chi connectivity index (χ1v) is 6.36. The standard InChI is InChI=1S/C16H18O3/c1-2-18-15-7-3-13(4-8-15)11-14-5-9-16(10-6-14)19-12-17/h3-10,17H,2,11-12H2,1H3. The van der Waals surface area contributed by atoms with Crippen molar-refractivity contribution in [1.82, 2.24) is 0 Å². The van der Waals surface area contributed by atoms with Crippen molar-refractivity contribution < 1.29 is 14.6 Å². The van der Waals surface area contributed by atoms with Crippen LogP contribution >= 0.6 is 0 Å². The van der Waals surface area contributed by atoms with Gasteiger partial charge >= 0.3 is 0 Å². The predicted molar refractivity (Wildman–Crippen MR) is 74.6 cm³/mol. The largest absolute Gasteiger partial charge is 0.494 e. The van der Waals surface area contributed by atoms with Crippen molar-refractivity contribution >= 4 is 0 Å². The molecule has 0 bridgehead atoms. The normalized spacial score (nSPS) is 10.2. The first kappa shape index (κ1) is 13.4. The van der Waals surface area contributed by atoms with E-state index in [1.54, 1.807) is 0 Å². The molecule has 19 heavy (non-hydrogen) atoms. The van der Waals surface area contributed by atoms with Gasteiger partial charge in [0, 0.05) is 0 Å². The summed E-state index contributed by atoms with van der Waals surface area (Å²) in [5, 5.41) is 8.66. The lowest BCUT2D eigenvalue weighted by atomic mass is 10.0. The highest BCUT2D eigenvalue weighted by atomic mass is 16.6. The van der Waals surface area contributed by atoms with Gasteiger partial charge in [-0.15, -0.1) is 0 Å². The Labute approximate surface area is 113 Å². The predicted octanol–water partition coefficient (Wildman–Crippen LogP) is 3.00. The fraction of sp³-hybridized carbons (Fsp3) is 0.250. The van der Waals surface area contributed by atoms with Gasteiger partial charge in [-0.05, 0) is 48.7 Å². The Hall–Kier alpha value is -2.00. The smallest absolute Gasteiger partial charge is 0.186 e. The fourth-order valence-electron chi connectivity index (χ4n) is 1.88. The molecule has 0 aliphatic rings. The molecule has 0 saturated heterocycles. The van der Waals surface area contributed by atoms with Crippen LogP contribution in [-0.2, 0) is 6.42 Å². The van der Waals surface area contributed by atoms with Gasteiger partial charge in [0.25, 0.3) is 0 Å². The van der Waals surface area contributed by atoms with Crippen LogP contribution in [0.3, 0.4) is 0 Å². The number of ether oxygens (including phenoxy) is 2. The minimum Gasteiger partial charge on any atom is -0.494 e. The molecule has 2 rings (SSSR count). The van der Waals surface area contributed by atoms with Gasteiger partial charge in [-0.3, -0.25) is 0 Å². The number of aliphatic hydroxyl groups excluding tert-OH is 1. The zero-order chi connectivity index (χ0) is 13.5. The molecule has 0 heterocycles. The Morgan fingerprint density at radius 3 is 1.68 bits per heavy atom. The van der Waals surface area contributed by atoms with Gasteiger partial charge in [0.05, 0.1) is 6.61 Å². The third-order valence-electron chi connectivity index (χ3n) is 2.80. The molecule has 3 nitrogen and oxygen atoms in total. The number of hydrogen-bond donors (Lipinski definition) is 1. The van der Waals surface area contributed by atoms with Crippen LogP contribution in [0, 0.1) is 0 Å². The van der Waals surface area contributed by atoms with Crippen molar-refractivity contribution in [3.05, 3.63) is 59.7 Å². The summed E-state index contributed by atoms with van der Waals surface area (Å²) in [6.07, 6.45) is 0.867. The molecule has 0 unspecified atom stereocenters. The first-order valence-electron chi connectivity index (χ1n) is 6.36. The lowest BCUT2D eigenvalue weighted by Gasteiger charge is -2.06. The summed E-state index contributed by atoms with van der Waals surface area (Å²) in [5.74, 6) is 1.58. The lowest BCUT2D eigenvalue weighted by molar-refractivity contribution is 0.0985. The minimum atomic E-state index is -0.293. The van der Waals surface area contributed by atoms with Crippen LogP contribution < -0.4 is 9.47 Å². The maximum absolute atomic E-state index is 8.66. The zero-order valence-corrected chi connectivity index (χ0v) is 11.0. The number of aliphatic hydroxyl groups is 1. The van der Waals surface area contributed by atoms with E-state index in [4.69, 9.17) is 14.6 Å². The Balaban J connectivity index is 1.99. The van der Waals surface area contributed by atoms with Gasteiger partial charge in [-0.1, -0.05) is 24.3 Å². The van der Waals surface area contributed by atoms with Crippen molar-refractivity contribution in [3.63, 3.8) is 0 Å². The Kier molecular flexibility index (Phi) is 4.81. The van der Waals surface area contributed by atoms with Crippen LogP contribution in [0.4, 0.5) is 0 Å². The Morgan fingerprint density at radius 2 is 1.26 bits per heavy atom. The van der Waals surface area contributed by atoms with Crippen molar-refractivity contribution in [1.29, 1.82) is 0 Å². The van der Waals surface area contributed by atoms with Crippen LogP contribution in [0.25, 0.3) is 0 Å². The van der Waals surface area contributed by atoms with E-state index in [1.165, 1.54) is 11.1 Å². The summed E-state index contributed by atoms with van der Waals surface area (Å²) < 4.78 is 10.4. The van der Waals surface area contributed by atoms with Crippen molar-refractivity contribution in [2.75, 3.05) is 13.4 Å². The van der Waals surface area contributed by atoms with Gasteiger partial charge < -0.3 is 14.6 Å². The maximum atomic E-state index is 8.66. The molecule has 0 aliphatic carbocycles. The summed E-state index contributed by atoms with van der Waals surface area (Å²) in [6.45, 7) is 2.37. The summed E-state index contributed by atoms with van der Waals surface area (Å²) in [6, 6.07) is 15.8. The highest BCUT2D eigenvalue weighted by Crippen LogP contribution is 2.17. The van der Waals surface area contributed by atoms with Crippen molar-refractivity contribution in [2.24, 2.45) is 0 Å². The molecule has 0 amide bonds.